The summed E-state index contributed by atoms with van der Waals surface area (Å²) in [5.74, 6) is 0. The molecule has 0 saturated carbocycles. The summed E-state index contributed by atoms with van der Waals surface area (Å²) >= 11 is 2.71. The molecule has 0 spiro atoms. The molecule has 0 fully saturated rings. The van der Waals surface area contributed by atoms with Crippen LogP contribution in [-0.4, -0.2) is 28.6 Å². The van der Waals surface area contributed by atoms with Crippen LogP contribution in [0.25, 0.3) is 0 Å². The Morgan fingerprint density at radius 1 is 1.18 bits per heavy atom. The molecule has 1 aromatic carbocycles. The van der Waals surface area contributed by atoms with Crippen LogP contribution in [0.15, 0.2) is 18.2 Å². The molecular weight excluding hydrogens is 207 g/mol. The summed E-state index contributed by atoms with van der Waals surface area (Å²) in [5, 5.41) is 0. The summed E-state index contributed by atoms with van der Waals surface area (Å²) in [7, 11) is 0. The predicted molar refractivity (Wildman–Crippen MR) is 42.6 cm³/mol. The van der Waals surface area contributed by atoms with Crippen molar-refractivity contribution in [1.29, 1.82) is 0 Å². The number of carbonyl (C=O) groups is 2. The zero-order valence-electron chi connectivity index (χ0n) is 5.61. The van der Waals surface area contributed by atoms with Gasteiger partial charge in [-0.1, -0.05) is 0 Å². The summed E-state index contributed by atoms with van der Waals surface area (Å²) in [5.41, 5.74) is 0.860. The fourth-order valence-electron chi connectivity index (χ4n) is 0.790. The third-order valence-corrected chi connectivity index (χ3v) is 2.09. The molecule has 55 valence electrons. The first kappa shape index (κ1) is 8.18. The van der Waals surface area contributed by atoms with E-state index in [4.69, 9.17) is 0 Å². The zero-order valence-corrected chi connectivity index (χ0v) is 7.32. The fourth-order valence-corrected chi connectivity index (χ4v) is 1.30. The van der Waals surface area contributed by atoms with Gasteiger partial charge in [0.25, 0.3) is 0 Å². The fraction of sp³-hybridized carbons (Fsp3) is 0. The Morgan fingerprint density at radius 3 is 2.36 bits per heavy atom. The van der Waals surface area contributed by atoms with E-state index in [2.05, 4.69) is 16.0 Å². The summed E-state index contributed by atoms with van der Waals surface area (Å²) in [6.07, 6.45) is 1.35. The second-order valence-electron chi connectivity index (χ2n) is 1.99. The van der Waals surface area contributed by atoms with Gasteiger partial charge in [0.05, 0.1) is 0 Å². The van der Waals surface area contributed by atoms with Crippen molar-refractivity contribution >= 4 is 33.0 Å². The molecule has 0 heterocycles. The average Bonchev–Trinajstić information content (AvgIpc) is 2.04. The second-order valence-corrected chi connectivity index (χ2v) is 2.92. The van der Waals surface area contributed by atoms with Crippen molar-refractivity contribution in [2.24, 2.45) is 0 Å². The summed E-state index contributed by atoms with van der Waals surface area (Å²) in [6.45, 7) is 0. The van der Waals surface area contributed by atoms with E-state index in [1.54, 1.807) is 18.2 Å². The van der Waals surface area contributed by atoms with Crippen molar-refractivity contribution in [3.05, 3.63) is 29.3 Å². The van der Waals surface area contributed by atoms with Crippen LogP contribution in [0.5, 0.6) is 0 Å². The van der Waals surface area contributed by atoms with Crippen molar-refractivity contribution in [3.8, 4) is 0 Å². The Bertz CT molecular complexity index is 294. The normalized spacial score (nSPS) is 9.09. The van der Waals surface area contributed by atoms with E-state index in [1.807, 2.05) is 0 Å². The van der Waals surface area contributed by atoms with Crippen molar-refractivity contribution < 1.29 is 9.59 Å². The summed E-state index contributed by atoms with van der Waals surface area (Å²) < 4.78 is 0.713. The Balaban J connectivity index is 3.35. The van der Waals surface area contributed by atoms with Gasteiger partial charge in [0, 0.05) is 0 Å². The van der Waals surface area contributed by atoms with Crippen LogP contribution >= 0.6 is 0 Å². The molecule has 0 bridgehead atoms. The van der Waals surface area contributed by atoms with Gasteiger partial charge in [0.15, 0.2) is 0 Å². The van der Waals surface area contributed by atoms with Crippen LogP contribution in [0, 0.1) is 0 Å². The van der Waals surface area contributed by atoms with Crippen molar-refractivity contribution in [2.75, 3.05) is 0 Å². The third-order valence-electron chi connectivity index (χ3n) is 1.34. The zero-order chi connectivity index (χ0) is 8.27. The molecule has 1 radical (unpaired) electrons. The minimum absolute atomic E-state index is 0.427. The van der Waals surface area contributed by atoms with Crippen molar-refractivity contribution in [3.63, 3.8) is 0 Å². The van der Waals surface area contributed by atoms with Crippen LogP contribution < -0.4 is 4.46 Å². The van der Waals surface area contributed by atoms with E-state index in [0.29, 0.717) is 28.2 Å². The SMILES string of the molecule is O=Cc1cccc([Se])c1C=O. The van der Waals surface area contributed by atoms with E-state index < -0.39 is 0 Å². The van der Waals surface area contributed by atoms with Crippen molar-refractivity contribution in [2.45, 2.75) is 0 Å². The quantitative estimate of drug-likeness (QED) is 0.515. The molecular formula is C8H5O2Se. The first-order valence-electron chi connectivity index (χ1n) is 3.00. The molecule has 0 aliphatic carbocycles. The Morgan fingerprint density at radius 2 is 1.91 bits per heavy atom. The average molecular weight is 212 g/mol. The molecule has 0 aliphatic heterocycles. The Kier molecular flexibility index (Phi) is 2.58. The summed E-state index contributed by atoms with van der Waals surface area (Å²) in [6, 6.07) is 5.08. The minimum atomic E-state index is 0.427. The number of hydrogen-bond donors (Lipinski definition) is 0. The van der Waals surface area contributed by atoms with E-state index in [1.165, 1.54) is 0 Å². The first-order chi connectivity index (χ1) is 5.29. The van der Waals surface area contributed by atoms with E-state index in [9.17, 15) is 9.59 Å². The second kappa shape index (κ2) is 3.46. The van der Waals surface area contributed by atoms with Gasteiger partial charge in [-0.3, -0.25) is 0 Å². The number of hydrogen-bond acceptors (Lipinski definition) is 2. The number of carbonyl (C=O) groups excluding carboxylic acids is 2. The number of aldehydes is 2. The van der Waals surface area contributed by atoms with Gasteiger partial charge in [-0.05, 0) is 0 Å². The van der Waals surface area contributed by atoms with Gasteiger partial charge in [0.2, 0.25) is 0 Å². The topological polar surface area (TPSA) is 34.1 Å². The molecule has 0 saturated heterocycles. The molecule has 0 amide bonds. The van der Waals surface area contributed by atoms with Gasteiger partial charge < -0.3 is 0 Å². The van der Waals surface area contributed by atoms with Gasteiger partial charge in [0.1, 0.15) is 0 Å². The third kappa shape index (κ3) is 1.56. The maximum atomic E-state index is 10.4. The van der Waals surface area contributed by atoms with Crippen LogP contribution in [0.2, 0.25) is 0 Å². The van der Waals surface area contributed by atoms with Crippen LogP contribution in [0.3, 0.4) is 0 Å². The molecule has 0 atom stereocenters. The van der Waals surface area contributed by atoms with Gasteiger partial charge in [-0.25, -0.2) is 0 Å². The van der Waals surface area contributed by atoms with Crippen molar-refractivity contribution in [1.82, 2.24) is 0 Å². The monoisotopic (exact) mass is 213 g/mol. The molecule has 1 aromatic rings. The maximum absolute atomic E-state index is 10.4. The van der Waals surface area contributed by atoms with Gasteiger partial charge >= 0.3 is 72.0 Å². The molecule has 0 N–H and O–H groups in total. The van der Waals surface area contributed by atoms with Crippen LogP contribution in [0.1, 0.15) is 20.7 Å². The van der Waals surface area contributed by atoms with Crippen LogP contribution in [0.4, 0.5) is 0 Å². The molecule has 3 heteroatoms. The molecule has 0 unspecified atom stereocenters. The van der Waals surface area contributed by atoms with Gasteiger partial charge in [-0.2, -0.15) is 0 Å². The van der Waals surface area contributed by atoms with E-state index >= 15 is 0 Å². The van der Waals surface area contributed by atoms with E-state index in [-0.39, 0.29) is 0 Å². The van der Waals surface area contributed by atoms with E-state index in [0.717, 1.165) is 0 Å². The Labute approximate surface area is 72.4 Å². The molecule has 0 aromatic heterocycles. The predicted octanol–water partition coefficient (Wildman–Crippen LogP) is 0.105. The standard InChI is InChI=1S/C8H5O2Se/c9-4-6-2-1-3-8(11)7(6)5-10/h1-5H. The number of rotatable bonds is 2. The molecule has 11 heavy (non-hydrogen) atoms. The molecule has 1 rings (SSSR count). The molecule has 2 nitrogen and oxygen atoms in total. The van der Waals surface area contributed by atoms with Gasteiger partial charge in [-0.15, -0.1) is 0 Å². The van der Waals surface area contributed by atoms with Crippen LogP contribution in [-0.2, 0) is 0 Å². The molecule has 0 aliphatic rings. The summed E-state index contributed by atoms with van der Waals surface area (Å²) in [4.78, 5) is 20.8. The first-order valence-corrected chi connectivity index (χ1v) is 3.85. The number of benzene rings is 1. The Hall–Kier alpha value is -0.921.